The highest BCUT2D eigenvalue weighted by molar-refractivity contribution is 7.89. The van der Waals surface area contributed by atoms with Crippen molar-refractivity contribution in [3.8, 4) is 0 Å². The van der Waals surface area contributed by atoms with Crippen molar-refractivity contribution in [1.29, 1.82) is 0 Å². The third kappa shape index (κ3) is 2.91. The quantitative estimate of drug-likeness (QED) is 0.810. The molecule has 0 bridgehead atoms. The van der Waals surface area contributed by atoms with E-state index in [0.717, 1.165) is 0 Å². The Bertz CT molecular complexity index is 549. The van der Waals surface area contributed by atoms with E-state index in [4.69, 9.17) is 10.8 Å². The molecule has 6 heteroatoms. The van der Waals surface area contributed by atoms with Crippen LogP contribution in [0.2, 0.25) is 0 Å². The highest BCUT2D eigenvalue weighted by atomic mass is 32.2. The molecule has 1 aliphatic heterocycles. The number of nitrogens with two attached hydrogens (primary N) is 1. The number of nitrogen functional groups attached to an aromatic ring is 1. The van der Waals surface area contributed by atoms with E-state index in [1.165, 1.54) is 4.31 Å². The van der Waals surface area contributed by atoms with E-state index in [-0.39, 0.29) is 12.5 Å². The van der Waals surface area contributed by atoms with Gasteiger partial charge in [0.2, 0.25) is 10.0 Å². The normalized spacial score (nSPS) is 18.6. The number of rotatable bonds is 3. The molecular weight excluding hydrogens is 264 g/mol. The van der Waals surface area contributed by atoms with Gasteiger partial charge in [-0.25, -0.2) is 8.42 Å². The molecule has 1 fully saturated rings. The zero-order valence-electron chi connectivity index (χ0n) is 11.0. The van der Waals surface area contributed by atoms with Gasteiger partial charge in [-0.1, -0.05) is 0 Å². The Morgan fingerprint density at radius 1 is 1.37 bits per heavy atom. The van der Waals surface area contributed by atoms with Gasteiger partial charge >= 0.3 is 0 Å². The van der Waals surface area contributed by atoms with Crippen LogP contribution in [-0.4, -0.2) is 37.5 Å². The molecule has 5 nitrogen and oxygen atoms in total. The predicted molar refractivity (Wildman–Crippen MR) is 74.2 cm³/mol. The van der Waals surface area contributed by atoms with E-state index in [2.05, 4.69) is 0 Å². The fourth-order valence-electron chi connectivity index (χ4n) is 2.43. The molecule has 0 aliphatic carbocycles. The van der Waals surface area contributed by atoms with E-state index in [9.17, 15) is 8.42 Å². The average Bonchev–Trinajstić information content (AvgIpc) is 2.38. The standard InChI is InChI=1S/C13H20N2O3S/c1-10-8-12(14)2-3-13(10)19(17,18)15-6-4-11(9-16)5-7-15/h2-3,8,11,16H,4-7,9,14H2,1H3. The van der Waals surface area contributed by atoms with E-state index in [1.807, 2.05) is 0 Å². The first kappa shape index (κ1) is 14.3. The Kier molecular flexibility index (Phi) is 4.13. The molecular formula is C13H20N2O3S. The van der Waals surface area contributed by atoms with Gasteiger partial charge in [-0.2, -0.15) is 4.31 Å². The maximum Gasteiger partial charge on any atom is 0.243 e. The molecule has 0 atom stereocenters. The molecule has 1 aromatic rings. The van der Waals surface area contributed by atoms with Crippen LogP contribution < -0.4 is 5.73 Å². The molecule has 2 rings (SSSR count). The summed E-state index contributed by atoms with van der Waals surface area (Å²) < 4.78 is 26.6. The number of aliphatic hydroxyl groups excluding tert-OH is 1. The van der Waals surface area contributed by atoms with Crippen molar-refractivity contribution in [1.82, 2.24) is 4.31 Å². The molecule has 0 spiro atoms. The van der Waals surface area contributed by atoms with Crippen LogP contribution >= 0.6 is 0 Å². The minimum atomic E-state index is -3.44. The van der Waals surface area contributed by atoms with Crippen molar-refractivity contribution in [3.05, 3.63) is 23.8 Å². The highest BCUT2D eigenvalue weighted by Gasteiger charge is 2.29. The Labute approximate surface area is 114 Å². The van der Waals surface area contributed by atoms with Crippen LogP contribution in [0.1, 0.15) is 18.4 Å². The Morgan fingerprint density at radius 2 is 2.00 bits per heavy atom. The number of nitrogens with zero attached hydrogens (tertiary/aromatic N) is 1. The topological polar surface area (TPSA) is 83.6 Å². The maximum atomic E-state index is 12.5. The zero-order chi connectivity index (χ0) is 14.0. The molecule has 106 valence electrons. The van der Waals surface area contributed by atoms with Crippen LogP contribution in [0.4, 0.5) is 5.69 Å². The number of hydrogen-bond acceptors (Lipinski definition) is 4. The lowest BCUT2D eigenvalue weighted by Gasteiger charge is -2.30. The summed E-state index contributed by atoms with van der Waals surface area (Å²) in [5.41, 5.74) is 6.89. The summed E-state index contributed by atoms with van der Waals surface area (Å²) in [6, 6.07) is 4.85. The first-order chi connectivity index (χ1) is 8.95. The smallest absolute Gasteiger partial charge is 0.243 e. The highest BCUT2D eigenvalue weighted by Crippen LogP contribution is 2.26. The van der Waals surface area contributed by atoms with Gasteiger partial charge in [0.1, 0.15) is 0 Å². The summed E-state index contributed by atoms with van der Waals surface area (Å²) in [6.45, 7) is 2.83. The predicted octanol–water partition coefficient (Wildman–Crippen LogP) is 0.970. The van der Waals surface area contributed by atoms with Crippen LogP contribution in [0.25, 0.3) is 0 Å². The fourth-order valence-corrected chi connectivity index (χ4v) is 4.11. The second-order valence-electron chi connectivity index (χ2n) is 5.05. The molecule has 3 N–H and O–H groups in total. The molecule has 0 saturated carbocycles. The van der Waals surface area contributed by atoms with Crippen LogP contribution in [0.5, 0.6) is 0 Å². The van der Waals surface area contributed by atoms with Crippen molar-refractivity contribution in [2.24, 2.45) is 5.92 Å². The third-order valence-corrected chi connectivity index (χ3v) is 5.71. The summed E-state index contributed by atoms with van der Waals surface area (Å²) in [4.78, 5) is 0.323. The van der Waals surface area contributed by atoms with Crippen molar-refractivity contribution in [2.45, 2.75) is 24.7 Å². The minimum absolute atomic E-state index is 0.134. The van der Waals surface area contributed by atoms with Gasteiger partial charge in [0.05, 0.1) is 4.90 Å². The van der Waals surface area contributed by atoms with Crippen LogP contribution in [-0.2, 0) is 10.0 Å². The maximum absolute atomic E-state index is 12.5. The van der Waals surface area contributed by atoms with Crippen LogP contribution in [0.15, 0.2) is 23.1 Å². The number of hydrogen-bond donors (Lipinski definition) is 2. The van der Waals surface area contributed by atoms with Gasteiger partial charge in [-0.15, -0.1) is 0 Å². The van der Waals surface area contributed by atoms with E-state index >= 15 is 0 Å². The monoisotopic (exact) mass is 284 g/mol. The van der Waals surface area contributed by atoms with E-state index in [0.29, 0.717) is 42.1 Å². The second-order valence-corrected chi connectivity index (χ2v) is 6.96. The molecule has 1 saturated heterocycles. The first-order valence-electron chi connectivity index (χ1n) is 6.42. The van der Waals surface area contributed by atoms with Gasteiger partial charge in [-0.05, 0) is 49.4 Å². The largest absolute Gasteiger partial charge is 0.399 e. The number of benzene rings is 1. The van der Waals surface area contributed by atoms with Gasteiger partial charge in [0, 0.05) is 25.4 Å². The average molecular weight is 284 g/mol. The lowest BCUT2D eigenvalue weighted by atomic mass is 10.00. The lowest BCUT2D eigenvalue weighted by molar-refractivity contribution is 0.170. The van der Waals surface area contributed by atoms with Gasteiger partial charge in [0.25, 0.3) is 0 Å². The molecule has 1 aliphatic rings. The van der Waals surface area contributed by atoms with Crippen LogP contribution in [0, 0.1) is 12.8 Å². The number of piperidine rings is 1. The molecule has 0 amide bonds. The fraction of sp³-hybridized carbons (Fsp3) is 0.538. The Hall–Kier alpha value is -1.11. The van der Waals surface area contributed by atoms with Crippen LogP contribution in [0.3, 0.4) is 0 Å². The van der Waals surface area contributed by atoms with Gasteiger partial charge < -0.3 is 10.8 Å². The Balaban J connectivity index is 2.23. The third-order valence-electron chi connectivity index (χ3n) is 3.65. The molecule has 19 heavy (non-hydrogen) atoms. The van der Waals surface area contributed by atoms with Crippen molar-refractivity contribution in [3.63, 3.8) is 0 Å². The summed E-state index contributed by atoms with van der Waals surface area (Å²) in [5.74, 6) is 0.221. The molecule has 0 unspecified atom stereocenters. The van der Waals surface area contributed by atoms with E-state index < -0.39 is 10.0 Å². The number of anilines is 1. The van der Waals surface area contributed by atoms with Gasteiger partial charge in [0.15, 0.2) is 0 Å². The molecule has 0 radical (unpaired) electrons. The van der Waals surface area contributed by atoms with Crippen molar-refractivity contribution in [2.75, 3.05) is 25.4 Å². The van der Waals surface area contributed by atoms with E-state index in [1.54, 1.807) is 25.1 Å². The molecule has 1 aromatic carbocycles. The number of sulfonamides is 1. The number of aryl methyl sites for hydroxylation is 1. The second kappa shape index (κ2) is 5.48. The molecule has 1 heterocycles. The summed E-state index contributed by atoms with van der Waals surface area (Å²) in [6.07, 6.45) is 1.42. The summed E-state index contributed by atoms with van der Waals surface area (Å²) in [5, 5.41) is 9.09. The van der Waals surface area contributed by atoms with Gasteiger partial charge in [-0.3, -0.25) is 0 Å². The molecule has 0 aromatic heterocycles. The zero-order valence-corrected chi connectivity index (χ0v) is 11.9. The minimum Gasteiger partial charge on any atom is -0.399 e. The SMILES string of the molecule is Cc1cc(N)ccc1S(=O)(=O)N1CCC(CO)CC1. The van der Waals surface area contributed by atoms with Crippen molar-refractivity contribution >= 4 is 15.7 Å². The van der Waals surface area contributed by atoms with Crippen molar-refractivity contribution < 1.29 is 13.5 Å². The summed E-state index contributed by atoms with van der Waals surface area (Å²) >= 11 is 0. The number of aliphatic hydroxyl groups is 1. The first-order valence-corrected chi connectivity index (χ1v) is 7.86. The lowest BCUT2D eigenvalue weighted by Crippen LogP contribution is -2.39. The Morgan fingerprint density at radius 3 is 2.53 bits per heavy atom. The summed E-state index contributed by atoms with van der Waals surface area (Å²) in [7, 11) is -3.44.